The predicted octanol–water partition coefficient (Wildman–Crippen LogP) is 3.48. The van der Waals surface area contributed by atoms with Gasteiger partial charge in [0.15, 0.2) is 0 Å². The van der Waals surface area contributed by atoms with Crippen molar-refractivity contribution in [2.24, 2.45) is 0 Å². The first-order valence-corrected chi connectivity index (χ1v) is 7.95. The zero-order valence-corrected chi connectivity index (χ0v) is 11.0. The van der Waals surface area contributed by atoms with E-state index < -0.39 is 9.44 Å². The molecule has 0 saturated carbocycles. The molecule has 1 aromatic rings. The summed E-state index contributed by atoms with van der Waals surface area (Å²) >= 11 is 0. The van der Waals surface area contributed by atoms with Crippen molar-refractivity contribution in [1.82, 2.24) is 0 Å². The smallest absolute Gasteiger partial charge is 0.119 e. The monoisotopic (exact) mass is 224 g/mol. The van der Waals surface area contributed by atoms with Crippen LogP contribution in [0.1, 0.15) is 19.4 Å². The zero-order valence-electron chi connectivity index (χ0n) is 10.2. The van der Waals surface area contributed by atoms with Crippen LogP contribution in [0, 0.1) is 5.18 Å². The number of hydrogen-bond donors (Lipinski definition) is 0. The van der Waals surface area contributed by atoms with E-state index in [0.29, 0.717) is 0 Å². The van der Waals surface area contributed by atoms with Crippen molar-refractivity contribution in [3.05, 3.63) is 29.8 Å². The Morgan fingerprint density at radius 1 is 1.07 bits per heavy atom. The standard InChI is InChI=1S/C13H20OS/c1-11(2)14-13-8-6-12(7-9-13)10-15(3,4)5/h6-9,11H,1-5H3. The molecule has 0 aliphatic carbocycles. The summed E-state index contributed by atoms with van der Waals surface area (Å²) in [5.41, 5.74) is 1.16. The molecule has 0 heterocycles. The van der Waals surface area contributed by atoms with Gasteiger partial charge in [0, 0.05) is 5.56 Å². The van der Waals surface area contributed by atoms with Crippen molar-refractivity contribution in [3.8, 4) is 10.9 Å². The molecule has 0 aliphatic rings. The van der Waals surface area contributed by atoms with E-state index >= 15 is 0 Å². The summed E-state index contributed by atoms with van der Waals surface area (Å²) in [5.74, 6) is 0.930. The Hall–Kier alpha value is -0.850. The molecule has 0 atom stereocenters. The van der Waals surface area contributed by atoms with Gasteiger partial charge in [-0.1, -0.05) is 5.18 Å². The van der Waals surface area contributed by atoms with E-state index in [9.17, 15) is 0 Å². The van der Waals surface area contributed by atoms with Gasteiger partial charge in [-0.25, -0.2) is 0 Å². The van der Waals surface area contributed by atoms with Crippen LogP contribution in [-0.2, 0) is 0 Å². The summed E-state index contributed by atoms with van der Waals surface area (Å²) in [6.07, 6.45) is 6.92. The molecule has 0 saturated heterocycles. The average molecular weight is 224 g/mol. The lowest BCUT2D eigenvalue weighted by Gasteiger charge is -2.09. The van der Waals surface area contributed by atoms with Crippen molar-refractivity contribution in [2.45, 2.75) is 20.0 Å². The predicted molar refractivity (Wildman–Crippen MR) is 70.6 cm³/mol. The number of hydrogen-bond acceptors (Lipinski definition) is 1. The third-order valence-electron chi connectivity index (χ3n) is 1.65. The summed E-state index contributed by atoms with van der Waals surface area (Å²) in [6.45, 7) is 4.07. The van der Waals surface area contributed by atoms with Crippen LogP contribution < -0.4 is 4.74 Å². The van der Waals surface area contributed by atoms with Crippen molar-refractivity contribution in [3.63, 3.8) is 0 Å². The van der Waals surface area contributed by atoms with Crippen LogP contribution >= 0.6 is 9.44 Å². The maximum atomic E-state index is 5.58. The van der Waals surface area contributed by atoms with Crippen molar-refractivity contribution < 1.29 is 4.74 Å². The molecule has 0 amide bonds. The van der Waals surface area contributed by atoms with Crippen LogP contribution in [0.15, 0.2) is 24.3 Å². The van der Waals surface area contributed by atoms with Crippen LogP contribution in [0.3, 0.4) is 0 Å². The van der Waals surface area contributed by atoms with Gasteiger partial charge in [0.1, 0.15) is 5.75 Å². The SMILES string of the molecule is CC(C)Oc1ccc(C#S(C)(C)C)cc1. The molecular weight excluding hydrogens is 204 g/mol. The first-order chi connectivity index (χ1) is 6.87. The summed E-state index contributed by atoms with van der Waals surface area (Å²) in [5, 5.41) is 3.49. The van der Waals surface area contributed by atoms with Gasteiger partial charge in [-0.2, -0.15) is 9.44 Å². The van der Waals surface area contributed by atoms with Crippen LogP contribution in [0.4, 0.5) is 0 Å². The average Bonchev–Trinajstić information content (AvgIpc) is 2.05. The molecule has 0 fully saturated rings. The quantitative estimate of drug-likeness (QED) is 0.747. The zero-order chi connectivity index (χ0) is 11.5. The Morgan fingerprint density at radius 2 is 1.60 bits per heavy atom. The van der Waals surface area contributed by atoms with Gasteiger partial charge in [0.2, 0.25) is 0 Å². The fraction of sp³-hybridized carbons (Fsp3) is 0.462. The molecule has 0 spiro atoms. The molecule has 15 heavy (non-hydrogen) atoms. The highest BCUT2D eigenvalue weighted by Crippen LogP contribution is 2.20. The Balaban J connectivity index is 2.88. The van der Waals surface area contributed by atoms with E-state index in [1.807, 2.05) is 26.0 Å². The first-order valence-electron chi connectivity index (χ1n) is 5.09. The Kier molecular flexibility index (Phi) is 3.90. The topological polar surface area (TPSA) is 9.23 Å². The summed E-state index contributed by atoms with van der Waals surface area (Å²) in [6, 6.07) is 8.15. The van der Waals surface area contributed by atoms with Crippen molar-refractivity contribution in [1.29, 1.82) is 0 Å². The van der Waals surface area contributed by atoms with Crippen LogP contribution in [0.5, 0.6) is 5.75 Å². The highest BCUT2D eigenvalue weighted by Gasteiger charge is 1.96. The molecule has 0 aliphatic heterocycles. The van der Waals surface area contributed by atoms with E-state index in [4.69, 9.17) is 4.74 Å². The van der Waals surface area contributed by atoms with Crippen LogP contribution in [0.25, 0.3) is 0 Å². The molecular formula is C13H20OS. The molecule has 2 heteroatoms. The minimum atomic E-state index is -0.704. The van der Waals surface area contributed by atoms with E-state index in [0.717, 1.165) is 11.3 Å². The maximum absolute atomic E-state index is 5.58. The van der Waals surface area contributed by atoms with Crippen LogP contribution in [0.2, 0.25) is 0 Å². The lowest BCUT2D eigenvalue weighted by Crippen LogP contribution is -2.05. The summed E-state index contributed by atoms with van der Waals surface area (Å²) < 4.78 is 5.58. The molecule has 1 rings (SSSR count). The Labute approximate surface area is 94.0 Å². The second-order valence-electron chi connectivity index (χ2n) is 4.63. The van der Waals surface area contributed by atoms with Gasteiger partial charge < -0.3 is 4.74 Å². The largest absolute Gasteiger partial charge is 0.491 e. The first kappa shape index (κ1) is 12.2. The fourth-order valence-electron chi connectivity index (χ4n) is 1.23. The van der Waals surface area contributed by atoms with Gasteiger partial charge >= 0.3 is 0 Å². The lowest BCUT2D eigenvalue weighted by atomic mass is 10.2. The van der Waals surface area contributed by atoms with E-state index in [1.54, 1.807) is 0 Å². The minimum Gasteiger partial charge on any atom is -0.491 e. The summed E-state index contributed by atoms with van der Waals surface area (Å²) in [7, 11) is -0.704. The molecule has 0 N–H and O–H groups in total. The molecule has 84 valence electrons. The molecule has 0 aromatic heterocycles. The molecule has 0 unspecified atom stereocenters. The number of ether oxygens (including phenoxy) is 1. The summed E-state index contributed by atoms with van der Waals surface area (Å²) in [4.78, 5) is 0. The highest BCUT2D eigenvalue weighted by atomic mass is 32.2. The second kappa shape index (κ2) is 4.78. The van der Waals surface area contributed by atoms with Crippen molar-refractivity contribution >= 4 is 9.44 Å². The Bertz CT molecular complexity index is 409. The third kappa shape index (κ3) is 4.96. The highest BCUT2D eigenvalue weighted by molar-refractivity contribution is 8.22. The second-order valence-corrected chi connectivity index (χ2v) is 8.51. The number of rotatable bonds is 2. The number of benzene rings is 1. The van der Waals surface area contributed by atoms with E-state index in [1.165, 1.54) is 0 Å². The maximum Gasteiger partial charge on any atom is 0.119 e. The molecule has 0 radical (unpaired) electrons. The van der Waals surface area contributed by atoms with Gasteiger partial charge in [-0.05, 0) is 56.9 Å². The van der Waals surface area contributed by atoms with Gasteiger partial charge in [-0.3, -0.25) is 0 Å². The van der Waals surface area contributed by atoms with Gasteiger partial charge in [-0.15, -0.1) is 0 Å². The molecule has 1 nitrogen and oxygen atoms in total. The van der Waals surface area contributed by atoms with Gasteiger partial charge in [0.25, 0.3) is 0 Å². The van der Waals surface area contributed by atoms with E-state index in [-0.39, 0.29) is 6.10 Å². The molecule has 0 bridgehead atoms. The van der Waals surface area contributed by atoms with E-state index in [2.05, 4.69) is 36.1 Å². The third-order valence-corrected chi connectivity index (χ3v) is 2.50. The van der Waals surface area contributed by atoms with Crippen molar-refractivity contribution in [2.75, 3.05) is 18.8 Å². The normalized spacial score (nSPS) is 11.3. The fourth-order valence-corrected chi connectivity index (χ4v) is 2.07. The van der Waals surface area contributed by atoms with Gasteiger partial charge in [0.05, 0.1) is 6.10 Å². The Morgan fingerprint density at radius 3 is 2.00 bits per heavy atom. The molecule has 1 aromatic carbocycles. The minimum absolute atomic E-state index is 0.233. The lowest BCUT2D eigenvalue weighted by molar-refractivity contribution is 0.242. The van der Waals surface area contributed by atoms with Crippen LogP contribution in [-0.4, -0.2) is 24.9 Å².